The molecule has 7 heteroatoms. The van der Waals surface area contributed by atoms with Crippen molar-refractivity contribution in [3.05, 3.63) is 23.8 Å². The summed E-state index contributed by atoms with van der Waals surface area (Å²) in [6, 6.07) is 5.59. The zero-order valence-electron chi connectivity index (χ0n) is 18.6. The molecule has 1 rings (SSSR count). The summed E-state index contributed by atoms with van der Waals surface area (Å²) in [7, 11) is 3.94. The maximum Gasteiger partial charge on any atom is 0.319 e. The average Bonchev–Trinajstić information content (AvgIpc) is 2.58. The van der Waals surface area contributed by atoms with Gasteiger partial charge in [0.1, 0.15) is 0 Å². The van der Waals surface area contributed by atoms with Gasteiger partial charge < -0.3 is 25.8 Å². The molecule has 0 saturated heterocycles. The number of nitrogens with one attached hydrogen (secondary N) is 3. The topological polar surface area (TPSA) is 76.7 Å². The van der Waals surface area contributed by atoms with Crippen molar-refractivity contribution in [3.8, 4) is 0 Å². The zero-order valence-corrected chi connectivity index (χ0v) is 18.6. The first-order chi connectivity index (χ1) is 13.1. The summed E-state index contributed by atoms with van der Waals surface area (Å²) >= 11 is 0. The molecule has 0 bridgehead atoms. The molecule has 0 aliphatic heterocycles. The zero-order chi connectivity index (χ0) is 21.4. The van der Waals surface area contributed by atoms with Crippen LogP contribution in [0.5, 0.6) is 0 Å². The molecule has 0 radical (unpaired) electrons. The lowest BCUT2D eigenvalue weighted by molar-refractivity contribution is 0.155. The molecule has 0 saturated carbocycles. The SMILES string of the molecule is CCNC(=O)Nc1ccc(N(C)C)c(CN(C(=O)NC(C)C)[C@@H](C)C(C)C)c1. The lowest BCUT2D eigenvalue weighted by Gasteiger charge is -2.34. The molecule has 0 unspecified atom stereocenters. The predicted octanol–water partition coefficient (Wildman–Crippen LogP) is 3.86. The van der Waals surface area contributed by atoms with Crippen molar-refractivity contribution in [1.82, 2.24) is 15.5 Å². The van der Waals surface area contributed by atoms with E-state index >= 15 is 0 Å². The molecule has 7 nitrogen and oxygen atoms in total. The molecule has 0 aromatic heterocycles. The Hall–Kier alpha value is -2.44. The Balaban J connectivity index is 3.23. The second-order valence-electron chi connectivity index (χ2n) is 7.94. The third kappa shape index (κ3) is 6.94. The Morgan fingerprint density at radius 1 is 1.07 bits per heavy atom. The van der Waals surface area contributed by atoms with Gasteiger partial charge in [0.15, 0.2) is 0 Å². The van der Waals surface area contributed by atoms with Crippen molar-refractivity contribution in [2.75, 3.05) is 30.9 Å². The number of nitrogens with zero attached hydrogens (tertiary/aromatic N) is 2. The molecule has 1 atom stereocenters. The van der Waals surface area contributed by atoms with E-state index in [4.69, 9.17) is 0 Å². The molecule has 28 heavy (non-hydrogen) atoms. The number of urea groups is 2. The van der Waals surface area contributed by atoms with E-state index in [1.165, 1.54) is 0 Å². The normalized spacial score (nSPS) is 11.9. The van der Waals surface area contributed by atoms with Crippen LogP contribution in [0.15, 0.2) is 18.2 Å². The summed E-state index contributed by atoms with van der Waals surface area (Å²) in [6.07, 6.45) is 0. The number of anilines is 2. The number of carbonyl (C=O) groups is 2. The van der Waals surface area contributed by atoms with Crippen LogP contribution in [0.3, 0.4) is 0 Å². The molecule has 0 aliphatic rings. The lowest BCUT2D eigenvalue weighted by atomic mass is 10.0. The fraction of sp³-hybridized carbons (Fsp3) is 0.619. The molecule has 4 amide bonds. The highest BCUT2D eigenvalue weighted by molar-refractivity contribution is 5.89. The number of amides is 4. The van der Waals surface area contributed by atoms with Crippen molar-refractivity contribution >= 4 is 23.4 Å². The van der Waals surface area contributed by atoms with Crippen molar-refractivity contribution in [1.29, 1.82) is 0 Å². The molecule has 0 heterocycles. The molecule has 0 fully saturated rings. The van der Waals surface area contributed by atoms with Gasteiger partial charge in [-0.05, 0) is 57.4 Å². The Kier molecular flexibility index (Phi) is 9.09. The Labute approximate surface area is 169 Å². The van der Waals surface area contributed by atoms with Crippen LogP contribution in [0.25, 0.3) is 0 Å². The van der Waals surface area contributed by atoms with Crippen molar-refractivity contribution < 1.29 is 9.59 Å². The van der Waals surface area contributed by atoms with Crippen LogP contribution in [0.2, 0.25) is 0 Å². The highest BCUT2D eigenvalue weighted by atomic mass is 16.2. The van der Waals surface area contributed by atoms with E-state index in [2.05, 4.69) is 36.7 Å². The van der Waals surface area contributed by atoms with E-state index in [-0.39, 0.29) is 24.1 Å². The Morgan fingerprint density at radius 2 is 1.71 bits per heavy atom. The standard InChI is InChI=1S/C21H37N5O2/c1-9-22-20(27)24-18-10-11-19(25(7)8)17(12-18)13-26(16(6)14(2)3)21(28)23-15(4)5/h10-12,14-16H,9,13H2,1-8H3,(H,23,28)(H2,22,24,27)/t16-/m0/s1. The van der Waals surface area contributed by atoms with Gasteiger partial charge in [-0.15, -0.1) is 0 Å². The van der Waals surface area contributed by atoms with Crippen LogP contribution in [-0.4, -0.2) is 49.7 Å². The van der Waals surface area contributed by atoms with E-state index < -0.39 is 0 Å². The maximum absolute atomic E-state index is 12.9. The van der Waals surface area contributed by atoms with Crippen molar-refractivity contribution in [2.24, 2.45) is 5.92 Å². The molecule has 3 N–H and O–H groups in total. The lowest BCUT2D eigenvalue weighted by Crippen LogP contribution is -2.48. The van der Waals surface area contributed by atoms with Gasteiger partial charge in [-0.2, -0.15) is 0 Å². The molecule has 1 aromatic rings. The van der Waals surface area contributed by atoms with Gasteiger partial charge >= 0.3 is 12.1 Å². The quantitative estimate of drug-likeness (QED) is 0.630. The minimum atomic E-state index is -0.240. The average molecular weight is 392 g/mol. The summed E-state index contributed by atoms with van der Waals surface area (Å²) in [5.41, 5.74) is 2.69. The van der Waals surface area contributed by atoms with Crippen molar-refractivity contribution in [3.63, 3.8) is 0 Å². The smallest absolute Gasteiger partial charge is 0.319 e. The number of hydrogen-bond acceptors (Lipinski definition) is 3. The van der Waals surface area contributed by atoms with Gasteiger partial charge in [0, 0.05) is 50.6 Å². The van der Waals surface area contributed by atoms with Crippen LogP contribution < -0.4 is 20.9 Å². The first-order valence-corrected chi connectivity index (χ1v) is 9.99. The number of rotatable bonds is 8. The molecule has 0 spiro atoms. The van der Waals surface area contributed by atoms with E-state index in [1.807, 2.05) is 62.9 Å². The third-order valence-electron chi connectivity index (χ3n) is 4.63. The summed E-state index contributed by atoms with van der Waals surface area (Å²) < 4.78 is 0. The highest BCUT2D eigenvalue weighted by Gasteiger charge is 2.24. The Bertz CT molecular complexity index is 658. The molecule has 158 valence electrons. The largest absolute Gasteiger partial charge is 0.377 e. The van der Waals surface area contributed by atoms with E-state index in [1.54, 1.807) is 0 Å². The minimum absolute atomic E-state index is 0.0634. The first kappa shape index (κ1) is 23.6. The molecular formula is C21H37N5O2. The maximum atomic E-state index is 12.9. The van der Waals surface area contributed by atoms with Gasteiger partial charge in [-0.1, -0.05) is 13.8 Å². The number of benzene rings is 1. The first-order valence-electron chi connectivity index (χ1n) is 9.99. The predicted molar refractivity (Wildman–Crippen MR) is 117 cm³/mol. The fourth-order valence-electron chi connectivity index (χ4n) is 2.84. The summed E-state index contributed by atoms with van der Waals surface area (Å²) in [6.45, 7) is 13.1. The highest BCUT2D eigenvalue weighted by Crippen LogP contribution is 2.26. The van der Waals surface area contributed by atoms with Crippen molar-refractivity contribution in [2.45, 2.75) is 60.2 Å². The fourth-order valence-corrected chi connectivity index (χ4v) is 2.84. The van der Waals surface area contributed by atoms with Gasteiger partial charge in [0.2, 0.25) is 0 Å². The van der Waals surface area contributed by atoms with Crippen LogP contribution in [0, 0.1) is 5.92 Å². The van der Waals surface area contributed by atoms with Crippen LogP contribution >= 0.6 is 0 Å². The van der Waals surface area contributed by atoms with Gasteiger partial charge in [0.05, 0.1) is 0 Å². The molecule has 0 aliphatic carbocycles. The second kappa shape index (κ2) is 10.8. The second-order valence-corrected chi connectivity index (χ2v) is 7.94. The minimum Gasteiger partial charge on any atom is -0.377 e. The third-order valence-corrected chi connectivity index (χ3v) is 4.63. The van der Waals surface area contributed by atoms with Crippen LogP contribution in [0.1, 0.15) is 47.1 Å². The van der Waals surface area contributed by atoms with E-state index in [0.29, 0.717) is 24.7 Å². The summed E-state index contributed by atoms with van der Waals surface area (Å²) in [5, 5.41) is 8.58. The van der Waals surface area contributed by atoms with E-state index in [9.17, 15) is 9.59 Å². The van der Waals surface area contributed by atoms with Crippen LogP contribution in [-0.2, 0) is 6.54 Å². The van der Waals surface area contributed by atoms with E-state index in [0.717, 1.165) is 11.3 Å². The summed E-state index contributed by atoms with van der Waals surface area (Å²) in [4.78, 5) is 28.6. The van der Waals surface area contributed by atoms with Gasteiger partial charge in [-0.25, -0.2) is 9.59 Å². The van der Waals surface area contributed by atoms with Crippen LogP contribution in [0.4, 0.5) is 21.0 Å². The summed E-state index contributed by atoms with van der Waals surface area (Å²) in [5.74, 6) is 0.317. The Morgan fingerprint density at radius 3 is 2.21 bits per heavy atom. The van der Waals surface area contributed by atoms with Gasteiger partial charge in [0.25, 0.3) is 0 Å². The number of hydrogen-bond donors (Lipinski definition) is 3. The monoisotopic (exact) mass is 391 g/mol. The van der Waals surface area contributed by atoms with Gasteiger partial charge in [-0.3, -0.25) is 0 Å². The number of carbonyl (C=O) groups excluding carboxylic acids is 2. The molecule has 1 aromatic carbocycles. The molecular weight excluding hydrogens is 354 g/mol.